The van der Waals surface area contributed by atoms with Crippen LogP contribution in [0.1, 0.15) is 21.5 Å². The van der Waals surface area contributed by atoms with Crippen molar-refractivity contribution in [2.24, 2.45) is 0 Å². The number of hydrogen-bond acceptors (Lipinski definition) is 4. The van der Waals surface area contributed by atoms with Gasteiger partial charge in [0.25, 0.3) is 0 Å². The number of hydrogen-bond donors (Lipinski definition) is 1. The first-order valence-corrected chi connectivity index (χ1v) is 8.25. The van der Waals surface area contributed by atoms with E-state index >= 15 is 0 Å². The van der Waals surface area contributed by atoms with Gasteiger partial charge in [-0.25, -0.2) is 22.3 Å². The van der Waals surface area contributed by atoms with E-state index in [9.17, 15) is 17.6 Å². The molecule has 0 aliphatic heterocycles. The molecule has 0 bridgehead atoms. The van der Waals surface area contributed by atoms with Gasteiger partial charge in [-0.2, -0.15) is 0 Å². The zero-order valence-electron chi connectivity index (χ0n) is 12.7. The Kier molecular flexibility index (Phi) is 5.12. The molecule has 0 radical (unpaired) electrons. The average molecular weight is 337 g/mol. The SMILES string of the molecule is COC(=O)c1cc(S(=O)(=O)NCc2cccc(F)c2)ccc1C. The maximum Gasteiger partial charge on any atom is 0.338 e. The van der Waals surface area contributed by atoms with Crippen LogP contribution in [0.2, 0.25) is 0 Å². The van der Waals surface area contributed by atoms with Crippen molar-refractivity contribution in [1.29, 1.82) is 0 Å². The Morgan fingerprint density at radius 2 is 1.96 bits per heavy atom. The maximum atomic E-state index is 13.1. The highest BCUT2D eigenvalue weighted by Gasteiger charge is 2.18. The number of methoxy groups -OCH3 is 1. The second-order valence-corrected chi connectivity index (χ2v) is 6.69. The highest BCUT2D eigenvalue weighted by molar-refractivity contribution is 7.89. The lowest BCUT2D eigenvalue weighted by Gasteiger charge is -2.10. The third-order valence-corrected chi connectivity index (χ3v) is 4.68. The predicted octanol–water partition coefficient (Wildman–Crippen LogP) is 2.40. The number of carbonyl (C=O) groups is 1. The van der Waals surface area contributed by atoms with Gasteiger partial charge >= 0.3 is 5.97 Å². The van der Waals surface area contributed by atoms with Gasteiger partial charge < -0.3 is 4.74 Å². The van der Waals surface area contributed by atoms with E-state index in [2.05, 4.69) is 9.46 Å². The summed E-state index contributed by atoms with van der Waals surface area (Å²) in [5, 5.41) is 0. The summed E-state index contributed by atoms with van der Waals surface area (Å²) in [6.07, 6.45) is 0. The summed E-state index contributed by atoms with van der Waals surface area (Å²) >= 11 is 0. The highest BCUT2D eigenvalue weighted by atomic mass is 32.2. The Bertz CT molecular complexity index is 834. The monoisotopic (exact) mass is 337 g/mol. The molecule has 2 aromatic rings. The normalized spacial score (nSPS) is 11.3. The Hall–Kier alpha value is -2.25. The van der Waals surface area contributed by atoms with Gasteiger partial charge in [-0.15, -0.1) is 0 Å². The van der Waals surface area contributed by atoms with Gasteiger partial charge in [0, 0.05) is 6.54 Å². The maximum absolute atomic E-state index is 13.1. The summed E-state index contributed by atoms with van der Waals surface area (Å²) in [4.78, 5) is 11.6. The molecule has 0 saturated carbocycles. The highest BCUT2D eigenvalue weighted by Crippen LogP contribution is 2.17. The van der Waals surface area contributed by atoms with Crippen molar-refractivity contribution in [1.82, 2.24) is 4.72 Å². The Balaban J connectivity index is 2.24. The van der Waals surface area contributed by atoms with Crippen molar-refractivity contribution in [3.63, 3.8) is 0 Å². The van der Waals surface area contributed by atoms with Crippen LogP contribution in [0.4, 0.5) is 4.39 Å². The zero-order valence-corrected chi connectivity index (χ0v) is 13.5. The van der Waals surface area contributed by atoms with Gasteiger partial charge in [-0.1, -0.05) is 18.2 Å². The Labute approximate surface area is 134 Å². The molecule has 7 heteroatoms. The summed E-state index contributed by atoms with van der Waals surface area (Å²) in [6, 6.07) is 9.83. The van der Waals surface area contributed by atoms with Crippen LogP contribution in [0.25, 0.3) is 0 Å². The molecule has 0 fully saturated rings. The number of aryl methyl sites for hydroxylation is 1. The molecule has 0 spiro atoms. The first kappa shape index (κ1) is 17.1. The zero-order chi connectivity index (χ0) is 17.0. The molecule has 0 unspecified atom stereocenters. The van der Waals surface area contributed by atoms with Crippen LogP contribution in [0, 0.1) is 12.7 Å². The lowest BCUT2D eigenvalue weighted by Crippen LogP contribution is -2.23. The van der Waals surface area contributed by atoms with Crippen molar-refractivity contribution in [2.75, 3.05) is 7.11 Å². The fourth-order valence-corrected chi connectivity index (χ4v) is 3.05. The molecule has 0 saturated heterocycles. The van der Waals surface area contributed by atoms with E-state index < -0.39 is 21.8 Å². The van der Waals surface area contributed by atoms with Crippen LogP contribution >= 0.6 is 0 Å². The lowest BCUT2D eigenvalue weighted by molar-refractivity contribution is 0.0599. The van der Waals surface area contributed by atoms with Gasteiger partial charge in [0.2, 0.25) is 10.0 Å². The summed E-state index contributed by atoms with van der Waals surface area (Å²) in [7, 11) is -2.61. The van der Waals surface area contributed by atoms with Crippen LogP contribution < -0.4 is 4.72 Å². The van der Waals surface area contributed by atoms with Crippen molar-refractivity contribution < 1.29 is 22.3 Å². The molecule has 122 valence electrons. The minimum Gasteiger partial charge on any atom is -0.465 e. The molecule has 5 nitrogen and oxygen atoms in total. The number of benzene rings is 2. The first-order chi connectivity index (χ1) is 10.8. The van der Waals surface area contributed by atoms with Crippen LogP contribution in [-0.4, -0.2) is 21.5 Å². The second-order valence-electron chi connectivity index (χ2n) is 4.92. The number of ether oxygens (including phenoxy) is 1. The number of esters is 1. The minimum atomic E-state index is -3.83. The van der Waals surface area contributed by atoms with Gasteiger partial charge in [-0.3, -0.25) is 0 Å². The Morgan fingerprint density at radius 3 is 2.61 bits per heavy atom. The predicted molar refractivity (Wildman–Crippen MR) is 82.9 cm³/mol. The van der Waals surface area contributed by atoms with E-state index in [-0.39, 0.29) is 17.0 Å². The molecule has 0 atom stereocenters. The van der Waals surface area contributed by atoms with Gasteiger partial charge in [0.15, 0.2) is 0 Å². The average Bonchev–Trinajstić information content (AvgIpc) is 2.52. The van der Waals surface area contributed by atoms with E-state index in [0.717, 1.165) is 0 Å². The standard InChI is InChI=1S/C16H16FNO4S/c1-11-6-7-14(9-15(11)16(19)22-2)23(20,21)18-10-12-4-3-5-13(17)8-12/h3-9,18H,10H2,1-2H3. The van der Waals surface area contributed by atoms with Gasteiger partial charge in [-0.05, 0) is 42.3 Å². The van der Waals surface area contributed by atoms with Crippen molar-refractivity contribution in [3.8, 4) is 0 Å². The molecule has 0 amide bonds. The fourth-order valence-electron chi connectivity index (χ4n) is 2.01. The first-order valence-electron chi connectivity index (χ1n) is 6.76. The van der Waals surface area contributed by atoms with Gasteiger partial charge in [0.1, 0.15) is 5.82 Å². The quantitative estimate of drug-likeness (QED) is 0.851. The van der Waals surface area contributed by atoms with Crippen molar-refractivity contribution in [2.45, 2.75) is 18.4 Å². The molecule has 1 N–H and O–H groups in total. The van der Waals surface area contributed by atoms with Crippen molar-refractivity contribution in [3.05, 3.63) is 65.0 Å². The van der Waals surface area contributed by atoms with E-state index in [1.165, 1.54) is 43.5 Å². The van der Waals surface area contributed by atoms with Crippen LogP contribution in [-0.2, 0) is 21.3 Å². The van der Waals surface area contributed by atoms with Crippen LogP contribution in [0.5, 0.6) is 0 Å². The summed E-state index contributed by atoms with van der Waals surface area (Å²) in [6.45, 7) is 1.63. The largest absolute Gasteiger partial charge is 0.465 e. The second kappa shape index (κ2) is 6.89. The summed E-state index contributed by atoms with van der Waals surface area (Å²) in [5.41, 5.74) is 1.29. The molecular weight excluding hydrogens is 321 g/mol. The third kappa shape index (κ3) is 4.14. The van der Waals surface area contributed by atoms with E-state index in [4.69, 9.17) is 0 Å². The molecule has 23 heavy (non-hydrogen) atoms. The fraction of sp³-hybridized carbons (Fsp3) is 0.188. The minimum absolute atomic E-state index is 0.0540. The molecule has 2 rings (SSSR count). The number of nitrogens with one attached hydrogen (secondary N) is 1. The topological polar surface area (TPSA) is 72.5 Å². The summed E-state index contributed by atoms with van der Waals surface area (Å²) < 4.78 is 44.7. The smallest absolute Gasteiger partial charge is 0.338 e. The van der Waals surface area contributed by atoms with Crippen LogP contribution in [0.3, 0.4) is 0 Å². The van der Waals surface area contributed by atoms with E-state index in [1.54, 1.807) is 13.0 Å². The van der Waals surface area contributed by atoms with E-state index in [1.807, 2.05) is 0 Å². The molecule has 2 aromatic carbocycles. The Morgan fingerprint density at radius 1 is 1.22 bits per heavy atom. The number of sulfonamides is 1. The van der Waals surface area contributed by atoms with Gasteiger partial charge in [0.05, 0.1) is 17.6 Å². The number of rotatable bonds is 5. The number of carbonyl (C=O) groups excluding carboxylic acids is 1. The van der Waals surface area contributed by atoms with Crippen LogP contribution in [0.15, 0.2) is 47.4 Å². The molecule has 0 aliphatic carbocycles. The molecule has 0 heterocycles. The molecule has 0 aliphatic rings. The van der Waals surface area contributed by atoms with Crippen molar-refractivity contribution >= 4 is 16.0 Å². The molecular formula is C16H16FNO4S. The summed E-state index contributed by atoms with van der Waals surface area (Å²) in [5.74, 6) is -1.05. The number of halogens is 1. The van der Waals surface area contributed by atoms with E-state index in [0.29, 0.717) is 11.1 Å². The molecule has 0 aromatic heterocycles. The third-order valence-electron chi connectivity index (χ3n) is 3.28. The lowest BCUT2D eigenvalue weighted by atomic mass is 10.1.